The molecule has 0 heterocycles. The molecule has 358 valence electrons. The van der Waals surface area contributed by atoms with Crippen molar-refractivity contribution >= 4 is 69.5 Å². The van der Waals surface area contributed by atoms with E-state index in [-0.39, 0.29) is 11.1 Å². The van der Waals surface area contributed by atoms with Crippen LogP contribution < -0.4 is 31.8 Å². The van der Waals surface area contributed by atoms with Gasteiger partial charge in [-0.05, 0) is 48.5 Å². The Labute approximate surface area is 427 Å². The Hall–Kier alpha value is -7.69. The first-order chi connectivity index (χ1) is 35.3. The molecule has 0 amide bonds. The number of carboxylic acid groups (broad SMARTS) is 2. The van der Waals surface area contributed by atoms with E-state index >= 15 is 0 Å². The van der Waals surface area contributed by atoms with E-state index in [1.54, 1.807) is 0 Å². The maximum atomic E-state index is 12.2. The van der Waals surface area contributed by atoms with Crippen LogP contribution in [0.25, 0.3) is 0 Å². The van der Waals surface area contributed by atoms with Crippen molar-refractivity contribution in [2.24, 2.45) is 0 Å². The van der Waals surface area contributed by atoms with E-state index in [9.17, 15) is 14.1 Å². The van der Waals surface area contributed by atoms with Crippen molar-refractivity contribution in [3.05, 3.63) is 313 Å². The van der Waals surface area contributed by atoms with Crippen molar-refractivity contribution in [3.63, 3.8) is 0 Å². The van der Waals surface area contributed by atoms with Crippen LogP contribution >= 0.6 is 14.5 Å². The average Bonchev–Trinajstić information content (AvgIpc) is 3.46. The molecular weight excluding hydrogens is 943 g/mol. The first kappa shape index (κ1) is 50.7. The number of carbonyl (C=O) groups is 2. The van der Waals surface area contributed by atoms with Crippen LogP contribution in [0.5, 0.6) is 0 Å². The predicted octanol–water partition coefficient (Wildman–Crippen LogP) is 12.1. The van der Waals surface area contributed by atoms with Crippen molar-refractivity contribution in [2.45, 2.75) is 22.1 Å². The average molecular weight is 999 g/mol. The number of hydrogen-bond donors (Lipinski definition) is 2. The molecule has 8 heteroatoms. The Morgan fingerprint density at radius 2 is 0.500 bits per heavy atom. The second kappa shape index (κ2) is 24.9. The monoisotopic (exact) mass is 998 g/mol. The van der Waals surface area contributed by atoms with E-state index in [4.69, 9.17) is 10.2 Å². The number of aromatic carboxylic acids is 2. The maximum absolute atomic E-state index is 12.2. The van der Waals surface area contributed by atoms with Gasteiger partial charge >= 0.3 is 324 Å². The molecule has 10 aromatic carbocycles. The number of rotatable bonds is 14. The Balaban J connectivity index is 0.000000146. The van der Waals surface area contributed by atoms with Gasteiger partial charge in [-0.2, -0.15) is 0 Å². The molecule has 5 nitrogen and oxygen atoms in total. The van der Waals surface area contributed by atoms with Crippen LogP contribution in [0.15, 0.2) is 301 Å². The van der Waals surface area contributed by atoms with Crippen molar-refractivity contribution in [3.8, 4) is 0 Å². The second-order valence-electron chi connectivity index (χ2n) is 17.3. The minimum atomic E-state index is -2.16. The number of hydrogen-bond acceptors (Lipinski definition) is 3. The molecule has 2 N–H and O–H groups in total. The zero-order valence-electron chi connectivity index (χ0n) is 39.7. The first-order valence-electron chi connectivity index (χ1n) is 23.8. The van der Waals surface area contributed by atoms with E-state index in [1.807, 2.05) is 0 Å². The summed E-state index contributed by atoms with van der Waals surface area (Å²) in [5.41, 5.74) is 3.03. The van der Waals surface area contributed by atoms with Crippen LogP contribution in [0.3, 0.4) is 0 Å². The van der Waals surface area contributed by atoms with Gasteiger partial charge in [0.25, 0.3) is 0 Å². The SMILES string of the molecule is O=C(O)c1ccc([S+]([O-])c2ccc(C(=O)O)cc2)cc1.c1ccc(C[PH](c2ccccc2)(c2ccccc2)c2ccccc2)cc1.c1ccc(C[PH](c2ccccc2)(c2ccccc2)c2ccccc2)cc1. The van der Waals surface area contributed by atoms with E-state index in [0.29, 0.717) is 9.79 Å². The van der Waals surface area contributed by atoms with E-state index in [1.165, 1.54) is 91.5 Å². The predicted molar refractivity (Wildman–Crippen MR) is 305 cm³/mol. The zero-order chi connectivity index (χ0) is 50.0. The summed E-state index contributed by atoms with van der Waals surface area (Å²) in [6.07, 6.45) is 2.12. The van der Waals surface area contributed by atoms with Gasteiger partial charge in [-0.25, -0.2) is 9.59 Å². The van der Waals surface area contributed by atoms with Crippen molar-refractivity contribution < 1.29 is 24.4 Å². The quantitative estimate of drug-likeness (QED) is 0.0835. The van der Waals surface area contributed by atoms with Gasteiger partial charge in [0.05, 0.1) is 11.1 Å². The summed E-state index contributed by atoms with van der Waals surface area (Å²) >= 11 is -1.48. The van der Waals surface area contributed by atoms with Gasteiger partial charge in [0, 0.05) is 11.2 Å². The fraction of sp³-hybridized carbons (Fsp3) is 0.0312. The van der Waals surface area contributed by atoms with Crippen molar-refractivity contribution in [1.29, 1.82) is 0 Å². The first-order valence-corrected chi connectivity index (χ1v) is 29.3. The molecule has 0 aliphatic rings. The van der Waals surface area contributed by atoms with Gasteiger partial charge in [0.2, 0.25) is 0 Å². The van der Waals surface area contributed by atoms with Crippen molar-refractivity contribution in [2.75, 3.05) is 0 Å². The van der Waals surface area contributed by atoms with Crippen LogP contribution in [-0.2, 0) is 23.5 Å². The van der Waals surface area contributed by atoms with E-state index in [0.717, 1.165) is 12.3 Å². The fourth-order valence-electron chi connectivity index (χ4n) is 9.33. The van der Waals surface area contributed by atoms with Gasteiger partial charge < -0.3 is 14.8 Å². The van der Waals surface area contributed by atoms with Gasteiger partial charge in [0.1, 0.15) is 0 Å². The van der Waals surface area contributed by atoms with Crippen LogP contribution in [0.2, 0.25) is 0 Å². The summed E-state index contributed by atoms with van der Waals surface area (Å²) in [6, 6.07) is 99.8. The van der Waals surface area contributed by atoms with Gasteiger partial charge in [0.15, 0.2) is 9.79 Å². The standard InChI is InChI=1S/2C25H23P.C14H10O5S/c2*1-5-13-22(14-6-1)21-26(23-15-7-2-8-16-23,24-17-9-3-10-18-24)25-19-11-4-12-20-25;15-13(16)9-1-5-11(6-2-9)20(19)12-7-3-10(4-8-12)14(17)18/h2*1-20,26H,21H2;1-8H,(H,15,16)(H,17,18). The molecule has 0 bridgehead atoms. The normalized spacial score (nSPS) is 11.5. The number of carboxylic acids is 2. The summed E-state index contributed by atoms with van der Waals surface area (Å²) in [5.74, 6) is -2.10. The zero-order valence-corrected chi connectivity index (χ0v) is 42.5. The molecule has 0 aliphatic carbocycles. The Morgan fingerprint density at radius 3 is 0.694 bits per heavy atom. The molecule has 0 aromatic heterocycles. The Bertz CT molecular complexity index is 2790. The molecule has 0 radical (unpaired) electrons. The molecule has 0 atom stereocenters. The summed E-state index contributed by atoms with van der Waals surface area (Å²) < 4.78 is 12.2. The van der Waals surface area contributed by atoms with Gasteiger partial charge in [-0.15, -0.1) is 0 Å². The molecule has 0 spiro atoms. The number of benzene rings is 10. The molecule has 0 fully saturated rings. The van der Waals surface area contributed by atoms with Gasteiger partial charge in [-0.1, -0.05) is 0 Å². The molecule has 10 rings (SSSR count). The molecule has 0 aliphatic heterocycles. The summed E-state index contributed by atoms with van der Waals surface area (Å²) in [6.45, 7) is 0. The molecule has 0 unspecified atom stereocenters. The third kappa shape index (κ3) is 12.2. The summed E-state index contributed by atoms with van der Waals surface area (Å²) in [4.78, 5) is 22.4. The van der Waals surface area contributed by atoms with Crippen molar-refractivity contribution in [1.82, 2.24) is 0 Å². The molecule has 0 saturated heterocycles. The van der Waals surface area contributed by atoms with Crippen LogP contribution in [0, 0.1) is 0 Å². The summed E-state index contributed by atoms with van der Waals surface area (Å²) in [7, 11) is -4.33. The fourth-order valence-corrected chi connectivity index (χ4v) is 19.9. The third-order valence-corrected chi connectivity index (χ3v) is 24.0. The second-order valence-corrected chi connectivity index (χ2v) is 26.5. The topological polar surface area (TPSA) is 97.7 Å². The summed E-state index contributed by atoms with van der Waals surface area (Å²) in [5, 5.41) is 26.3. The van der Waals surface area contributed by atoms with E-state index < -0.39 is 37.6 Å². The molecule has 0 saturated carbocycles. The van der Waals surface area contributed by atoms with E-state index in [2.05, 4.69) is 243 Å². The molecule has 10 aromatic rings. The molecule has 72 heavy (non-hydrogen) atoms. The minimum absolute atomic E-state index is 0.118. The third-order valence-electron chi connectivity index (χ3n) is 12.9. The Morgan fingerprint density at radius 1 is 0.306 bits per heavy atom. The Kier molecular flexibility index (Phi) is 17.5. The van der Waals surface area contributed by atoms with Crippen LogP contribution in [0.4, 0.5) is 0 Å². The van der Waals surface area contributed by atoms with Gasteiger partial charge in [-0.3, -0.25) is 0 Å². The molecular formula is C64H56O5P2S. The van der Waals surface area contributed by atoms with Crippen LogP contribution in [0.1, 0.15) is 31.8 Å². The van der Waals surface area contributed by atoms with Crippen LogP contribution in [-0.4, -0.2) is 26.7 Å².